The fraction of sp³-hybridized carbons (Fsp3) is 0.412. The first-order chi connectivity index (χ1) is 12.0. The molecule has 1 aliphatic carbocycles. The van der Waals surface area contributed by atoms with Gasteiger partial charge in [0.15, 0.2) is 11.5 Å². The van der Waals surface area contributed by atoms with Gasteiger partial charge in [-0.05, 0) is 48.8 Å². The van der Waals surface area contributed by atoms with Crippen molar-refractivity contribution in [2.45, 2.75) is 38.1 Å². The molecule has 132 valence electrons. The van der Waals surface area contributed by atoms with Crippen LogP contribution >= 0.6 is 12.2 Å². The Kier molecular flexibility index (Phi) is 4.98. The van der Waals surface area contributed by atoms with Crippen molar-refractivity contribution in [2.24, 2.45) is 5.10 Å². The third-order valence-electron chi connectivity index (χ3n) is 4.45. The van der Waals surface area contributed by atoms with Crippen molar-refractivity contribution in [1.29, 1.82) is 0 Å². The molecule has 1 saturated carbocycles. The number of aromatic hydroxyl groups is 1. The second-order valence-corrected chi connectivity index (χ2v) is 6.41. The molecule has 3 rings (SSSR count). The average molecular weight is 361 g/mol. The maximum Gasteiger partial charge on any atom is 0.339 e. The van der Waals surface area contributed by atoms with Crippen molar-refractivity contribution >= 4 is 35.4 Å². The van der Waals surface area contributed by atoms with Crippen LogP contribution in [-0.4, -0.2) is 51.3 Å². The third kappa shape index (κ3) is 3.34. The molecule has 2 amide bonds. The minimum Gasteiger partial charge on any atom is -0.504 e. The molecule has 0 spiro atoms. The monoisotopic (exact) mass is 361 g/mol. The van der Waals surface area contributed by atoms with Gasteiger partial charge in [-0.1, -0.05) is 19.3 Å². The summed E-state index contributed by atoms with van der Waals surface area (Å²) in [4.78, 5) is 25.9. The summed E-state index contributed by atoms with van der Waals surface area (Å²) < 4.78 is 5.03. The number of phenolic OH excluding ortho intramolecular Hbond substituents is 1. The van der Waals surface area contributed by atoms with Crippen LogP contribution in [0.15, 0.2) is 23.3 Å². The standard InChI is InChI=1S/C17H19N3O4S/c1-24-14-9-11(7-8-13(14)21)10-18-20-16(23)15(22)19(17(20)25)12-5-3-2-4-6-12/h7-10,12,21H,2-6H2,1H3/b18-10+. The molecule has 1 heterocycles. The number of ether oxygens (including phenoxy) is 1. The Morgan fingerprint density at radius 3 is 2.64 bits per heavy atom. The van der Waals surface area contributed by atoms with E-state index in [1.165, 1.54) is 24.3 Å². The Morgan fingerprint density at radius 2 is 1.96 bits per heavy atom. The Balaban J connectivity index is 1.79. The van der Waals surface area contributed by atoms with Gasteiger partial charge in [-0.25, -0.2) is 0 Å². The number of nitrogens with zero attached hydrogens (tertiary/aromatic N) is 3. The number of methoxy groups -OCH3 is 1. The van der Waals surface area contributed by atoms with Crippen LogP contribution in [0, 0.1) is 0 Å². The molecule has 1 N–H and O–H groups in total. The van der Waals surface area contributed by atoms with Gasteiger partial charge in [-0.2, -0.15) is 10.1 Å². The fourth-order valence-electron chi connectivity index (χ4n) is 3.13. The number of benzene rings is 1. The Hall–Kier alpha value is -2.48. The minimum absolute atomic E-state index is 0.00562. The van der Waals surface area contributed by atoms with E-state index in [2.05, 4.69) is 5.10 Å². The van der Waals surface area contributed by atoms with Gasteiger partial charge in [0.2, 0.25) is 5.11 Å². The molecule has 1 aliphatic heterocycles. The number of carbonyl (C=O) groups is 2. The molecule has 0 radical (unpaired) electrons. The Labute approximate surface area is 150 Å². The van der Waals surface area contributed by atoms with Crippen molar-refractivity contribution < 1.29 is 19.4 Å². The normalized spacial score (nSPS) is 19.3. The third-order valence-corrected chi connectivity index (χ3v) is 4.82. The van der Waals surface area contributed by atoms with E-state index in [0.29, 0.717) is 11.3 Å². The summed E-state index contributed by atoms with van der Waals surface area (Å²) in [5, 5.41) is 14.8. The first kappa shape index (κ1) is 17.3. The molecule has 0 unspecified atom stereocenters. The van der Waals surface area contributed by atoms with Crippen molar-refractivity contribution in [3.8, 4) is 11.5 Å². The second kappa shape index (κ2) is 7.18. The first-order valence-electron chi connectivity index (χ1n) is 8.15. The van der Waals surface area contributed by atoms with Gasteiger partial charge in [0, 0.05) is 6.04 Å². The lowest BCUT2D eigenvalue weighted by Gasteiger charge is -2.29. The van der Waals surface area contributed by atoms with Crippen molar-refractivity contribution in [3.05, 3.63) is 23.8 Å². The molecule has 1 aromatic carbocycles. The number of phenols is 1. The van der Waals surface area contributed by atoms with E-state index in [-0.39, 0.29) is 16.9 Å². The van der Waals surface area contributed by atoms with Gasteiger partial charge in [0.05, 0.1) is 13.3 Å². The molecule has 25 heavy (non-hydrogen) atoms. The SMILES string of the molecule is COc1cc(/C=N/N2C(=O)C(=O)N(C3CCCCC3)C2=S)ccc1O. The van der Waals surface area contributed by atoms with Crippen LogP contribution in [0.25, 0.3) is 0 Å². The Bertz CT molecular complexity index is 743. The fourth-order valence-corrected chi connectivity index (χ4v) is 3.49. The lowest BCUT2D eigenvalue weighted by Crippen LogP contribution is -2.41. The maximum absolute atomic E-state index is 12.3. The summed E-state index contributed by atoms with van der Waals surface area (Å²) in [7, 11) is 1.44. The van der Waals surface area contributed by atoms with Gasteiger partial charge >= 0.3 is 11.8 Å². The molecule has 0 aromatic heterocycles. The predicted molar refractivity (Wildman–Crippen MR) is 95.4 cm³/mol. The maximum atomic E-state index is 12.3. The van der Waals surface area contributed by atoms with E-state index in [0.717, 1.165) is 37.1 Å². The van der Waals surface area contributed by atoms with E-state index in [1.807, 2.05) is 0 Å². The quantitative estimate of drug-likeness (QED) is 0.504. The molecule has 0 bridgehead atoms. The lowest BCUT2D eigenvalue weighted by molar-refractivity contribution is -0.144. The predicted octanol–water partition coefficient (Wildman–Crippen LogP) is 2.02. The van der Waals surface area contributed by atoms with E-state index >= 15 is 0 Å². The highest BCUT2D eigenvalue weighted by Crippen LogP contribution is 2.28. The van der Waals surface area contributed by atoms with Gasteiger partial charge in [0.1, 0.15) is 0 Å². The van der Waals surface area contributed by atoms with Crippen LogP contribution in [0.4, 0.5) is 0 Å². The second-order valence-electron chi connectivity index (χ2n) is 6.04. The molecular weight excluding hydrogens is 342 g/mol. The van der Waals surface area contributed by atoms with Crippen LogP contribution in [0.5, 0.6) is 11.5 Å². The topological polar surface area (TPSA) is 82.4 Å². The van der Waals surface area contributed by atoms with Crippen LogP contribution in [0.1, 0.15) is 37.7 Å². The highest BCUT2D eigenvalue weighted by atomic mass is 32.1. The van der Waals surface area contributed by atoms with Crippen molar-refractivity contribution in [1.82, 2.24) is 9.91 Å². The zero-order valence-corrected chi connectivity index (χ0v) is 14.7. The average Bonchev–Trinajstić information content (AvgIpc) is 2.84. The van der Waals surface area contributed by atoms with E-state index in [4.69, 9.17) is 17.0 Å². The van der Waals surface area contributed by atoms with Gasteiger partial charge in [0.25, 0.3) is 0 Å². The number of thiocarbonyl (C=S) groups is 1. The van der Waals surface area contributed by atoms with Gasteiger partial charge in [-0.3, -0.25) is 14.5 Å². The number of amides is 2. The summed E-state index contributed by atoms with van der Waals surface area (Å²) in [6, 6.07) is 4.63. The summed E-state index contributed by atoms with van der Waals surface area (Å²) in [6.07, 6.45) is 6.31. The molecule has 8 heteroatoms. The lowest BCUT2D eigenvalue weighted by atomic mass is 9.94. The number of hydrazone groups is 1. The molecule has 1 saturated heterocycles. The molecule has 0 atom stereocenters. The highest BCUT2D eigenvalue weighted by molar-refractivity contribution is 7.80. The summed E-state index contributed by atoms with van der Waals surface area (Å²) in [5.41, 5.74) is 0.605. The number of hydrogen-bond donors (Lipinski definition) is 1. The van der Waals surface area contributed by atoms with E-state index in [9.17, 15) is 14.7 Å². The van der Waals surface area contributed by atoms with E-state index < -0.39 is 11.8 Å². The van der Waals surface area contributed by atoms with Gasteiger partial charge in [-0.15, -0.1) is 0 Å². The van der Waals surface area contributed by atoms with Crippen LogP contribution in [-0.2, 0) is 9.59 Å². The molecular formula is C17H19N3O4S. The molecule has 7 nitrogen and oxygen atoms in total. The minimum atomic E-state index is -0.738. The molecule has 1 aromatic rings. The number of carbonyl (C=O) groups excluding carboxylic acids is 2. The van der Waals surface area contributed by atoms with Crippen molar-refractivity contribution in [3.63, 3.8) is 0 Å². The number of rotatable bonds is 4. The van der Waals surface area contributed by atoms with Crippen LogP contribution in [0.2, 0.25) is 0 Å². The summed E-state index contributed by atoms with van der Waals surface area (Å²) in [5.74, 6) is -1.06. The molecule has 2 aliphatic rings. The number of hydrogen-bond acceptors (Lipinski definition) is 6. The summed E-state index contributed by atoms with van der Waals surface area (Å²) >= 11 is 5.31. The smallest absolute Gasteiger partial charge is 0.339 e. The highest BCUT2D eigenvalue weighted by Gasteiger charge is 2.45. The van der Waals surface area contributed by atoms with Crippen molar-refractivity contribution in [2.75, 3.05) is 7.11 Å². The van der Waals surface area contributed by atoms with Crippen LogP contribution in [0.3, 0.4) is 0 Å². The zero-order chi connectivity index (χ0) is 18.0. The Morgan fingerprint density at radius 1 is 1.24 bits per heavy atom. The van der Waals surface area contributed by atoms with Gasteiger partial charge < -0.3 is 9.84 Å². The zero-order valence-electron chi connectivity index (χ0n) is 13.8. The van der Waals surface area contributed by atoms with E-state index in [1.54, 1.807) is 12.1 Å². The largest absolute Gasteiger partial charge is 0.504 e. The van der Waals surface area contributed by atoms with Crippen LogP contribution < -0.4 is 4.74 Å². The first-order valence-corrected chi connectivity index (χ1v) is 8.56. The summed E-state index contributed by atoms with van der Waals surface area (Å²) in [6.45, 7) is 0. The molecule has 2 fully saturated rings.